The summed E-state index contributed by atoms with van der Waals surface area (Å²) in [6.07, 6.45) is 3.95. The first kappa shape index (κ1) is 20.0. The first-order chi connectivity index (χ1) is 13.5. The Hall–Kier alpha value is -2.70. The van der Waals surface area contributed by atoms with Gasteiger partial charge in [-0.25, -0.2) is 0 Å². The Morgan fingerprint density at radius 2 is 1.75 bits per heavy atom. The van der Waals surface area contributed by atoms with E-state index in [9.17, 15) is 19.2 Å². The number of fused-ring (bicyclic) bond motifs is 1. The molecule has 0 bridgehead atoms. The number of rotatable bonds is 7. The second-order valence-corrected chi connectivity index (χ2v) is 7.45. The number of hydrogen-bond donors (Lipinski definition) is 1. The van der Waals surface area contributed by atoms with Crippen LogP contribution in [-0.4, -0.2) is 48.3 Å². The van der Waals surface area contributed by atoms with Crippen molar-refractivity contribution in [3.63, 3.8) is 0 Å². The van der Waals surface area contributed by atoms with Gasteiger partial charge in [-0.1, -0.05) is 37.1 Å². The number of benzene rings is 1. The van der Waals surface area contributed by atoms with Gasteiger partial charge in [-0.2, -0.15) is 0 Å². The van der Waals surface area contributed by atoms with E-state index < -0.39 is 25.0 Å². The van der Waals surface area contributed by atoms with Gasteiger partial charge in [0.05, 0.1) is 11.8 Å². The van der Waals surface area contributed by atoms with E-state index in [2.05, 4.69) is 5.32 Å². The van der Waals surface area contributed by atoms with Gasteiger partial charge in [0.2, 0.25) is 11.8 Å². The molecule has 7 nitrogen and oxygen atoms in total. The average Bonchev–Trinajstić information content (AvgIpc) is 2.93. The van der Waals surface area contributed by atoms with Crippen molar-refractivity contribution >= 4 is 23.7 Å². The van der Waals surface area contributed by atoms with Gasteiger partial charge in [0, 0.05) is 6.54 Å². The maximum Gasteiger partial charge on any atom is 0.326 e. The van der Waals surface area contributed by atoms with Crippen molar-refractivity contribution in [1.82, 2.24) is 10.2 Å². The van der Waals surface area contributed by atoms with Crippen molar-refractivity contribution in [2.75, 3.05) is 19.7 Å². The Labute approximate surface area is 164 Å². The Balaban J connectivity index is 1.39. The number of carbonyl (C=O) groups excluding carboxylic acids is 4. The second-order valence-electron chi connectivity index (χ2n) is 7.45. The number of likely N-dealkylation sites (tertiary alicyclic amines) is 1. The standard InChI is InChI=1S/C21H26N2O5/c1-14-6-2-3-7-15(14)10-11-22-18(24)13-28-19(25)12-23-20(26)16-8-4-5-9-17(16)21(23)27/h2-3,6-7,16-17H,4-5,8-13H2,1H3,(H,22,24)/t16-,17+. The van der Waals surface area contributed by atoms with Crippen LogP contribution >= 0.6 is 0 Å². The molecule has 0 aromatic heterocycles. The number of nitrogens with zero attached hydrogens (tertiary/aromatic N) is 1. The molecule has 2 aliphatic rings. The van der Waals surface area contributed by atoms with E-state index >= 15 is 0 Å². The highest BCUT2D eigenvalue weighted by molar-refractivity contribution is 6.07. The maximum atomic E-state index is 12.3. The van der Waals surface area contributed by atoms with Gasteiger partial charge in [-0.05, 0) is 37.3 Å². The van der Waals surface area contributed by atoms with Crippen LogP contribution in [0.15, 0.2) is 24.3 Å². The van der Waals surface area contributed by atoms with Gasteiger partial charge < -0.3 is 10.1 Å². The summed E-state index contributed by atoms with van der Waals surface area (Å²) < 4.78 is 4.95. The molecule has 2 atom stereocenters. The fourth-order valence-corrected chi connectivity index (χ4v) is 3.99. The molecule has 2 fully saturated rings. The number of carbonyl (C=O) groups is 4. The molecule has 150 valence electrons. The fourth-order valence-electron chi connectivity index (χ4n) is 3.99. The van der Waals surface area contributed by atoms with Gasteiger partial charge >= 0.3 is 5.97 Å². The molecular weight excluding hydrogens is 360 g/mol. The predicted octanol–water partition coefficient (Wildman–Crippen LogP) is 1.37. The number of esters is 1. The smallest absolute Gasteiger partial charge is 0.326 e. The van der Waals surface area contributed by atoms with Crippen molar-refractivity contribution in [3.8, 4) is 0 Å². The molecule has 0 spiro atoms. The fraction of sp³-hybridized carbons (Fsp3) is 0.524. The van der Waals surface area contributed by atoms with Gasteiger partial charge in [0.15, 0.2) is 6.61 Å². The van der Waals surface area contributed by atoms with Crippen LogP contribution in [0.3, 0.4) is 0 Å². The molecule has 1 N–H and O–H groups in total. The lowest BCUT2D eigenvalue weighted by Gasteiger charge is -2.19. The van der Waals surface area contributed by atoms with Gasteiger partial charge in [-0.15, -0.1) is 0 Å². The highest BCUT2D eigenvalue weighted by Gasteiger charge is 2.48. The van der Waals surface area contributed by atoms with Crippen LogP contribution in [0.25, 0.3) is 0 Å². The summed E-state index contributed by atoms with van der Waals surface area (Å²) in [6, 6.07) is 7.92. The molecule has 1 aromatic carbocycles. The van der Waals surface area contributed by atoms with Crippen molar-refractivity contribution in [3.05, 3.63) is 35.4 Å². The zero-order chi connectivity index (χ0) is 20.1. The number of amides is 3. The van der Waals surface area contributed by atoms with E-state index in [1.807, 2.05) is 31.2 Å². The van der Waals surface area contributed by atoms with Crippen LogP contribution in [0, 0.1) is 18.8 Å². The monoisotopic (exact) mass is 386 g/mol. The minimum absolute atomic E-state index is 0.283. The molecule has 7 heteroatoms. The van der Waals surface area contributed by atoms with Crippen molar-refractivity contribution in [1.29, 1.82) is 0 Å². The number of hydrogen-bond acceptors (Lipinski definition) is 5. The van der Waals surface area contributed by atoms with Crippen LogP contribution in [0.1, 0.15) is 36.8 Å². The summed E-state index contributed by atoms with van der Waals surface area (Å²) in [5, 5.41) is 2.70. The molecule has 0 unspecified atom stereocenters. The van der Waals surface area contributed by atoms with Crippen LogP contribution in [0.4, 0.5) is 0 Å². The van der Waals surface area contributed by atoms with E-state index in [0.29, 0.717) is 25.8 Å². The third-order valence-corrected chi connectivity index (χ3v) is 5.56. The van der Waals surface area contributed by atoms with Crippen LogP contribution in [0.5, 0.6) is 0 Å². The summed E-state index contributed by atoms with van der Waals surface area (Å²) in [6.45, 7) is 1.61. The van der Waals surface area contributed by atoms with Crippen LogP contribution < -0.4 is 5.32 Å². The van der Waals surface area contributed by atoms with Gasteiger partial charge in [0.1, 0.15) is 6.54 Å². The molecular formula is C21H26N2O5. The predicted molar refractivity (Wildman–Crippen MR) is 101 cm³/mol. The molecule has 0 radical (unpaired) electrons. The number of aryl methyl sites for hydroxylation is 1. The van der Waals surface area contributed by atoms with E-state index in [1.54, 1.807) is 0 Å². The van der Waals surface area contributed by atoms with Crippen LogP contribution in [-0.2, 0) is 30.3 Å². The van der Waals surface area contributed by atoms with Gasteiger partial charge in [-0.3, -0.25) is 24.1 Å². The minimum atomic E-state index is -0.741. The normalized spacial score (nSPS) is 21.4. The Bertz CT molecular complexity index is 752. The van der Waals surface area contributed by atoms with E-state index in [0.717, 1.165) is 28.9 Å². The zero-order valence-corrected chi connectivity index (χ0v) is 16.1. The lowest BCUT2D eigenvalue weighted by atomic mass is 9.81. The average molecular weight is 386 g/mol. The van der Waals surface area contributed by atoms with E-state index in [-0.39, 0.29) is 23.7 Å². The second kappa shape index (κ2) is 8.99. The lowest BCUT2D eigenvalue weighted by Crippen LogP contribution is -2.38. The zero-order valence-electron chi connectivity index (χ0n) is 16.1. The van der Waals surface area contributed by atoms with E-state index in [1.165, 1.54) is 0 Å². The maximum absolute atomic E-state index is 12.3. The third-order valence-electron chi connectivity index (χ3n) is 5.56. The summed E-state index contributed by atoms with van der Waals surface area (Å²) in [7, 11) is 0. The summed E-state index contributed by atoms with van der Waals surface area (Å²) in [4.78, 5) is 49.5. The highest BCUT2D eigenvalue weighted by atomic mass is 16.5. The molecule has 1 saturated heterocycles. The molecule has 1 heterocycles. The lowest BCUT2D eigenvalue weighted by molar-refractivity contribution is -0.154. The molecule has 28 heavy (non-hydrogen) atoms. The first-order valence-corrected chi connectivity index (χ1v) is 9.79. The molecule has 1 aliphatic heterocycles. The largest absolute Gasteiger partial charge is 0.454 e. The topological polar surface area (TPSA) is 92.8 Å². The van der Waals surface area contributed by atoms with Crippen molar-refractivity contribution in [2.45, 2.75) is 39.0 Å². The van der Waals surface area contributed by atoms with Gasteiger partial charge in [0.25, 0.3) is 5.91 Å². The third kappa shape index (κ3) is 4.58. The molecule has 1 aromatic rings. The Morgan fingerprint density at radius 3 is 2.39 bits per heavy atom. The summed E-state index contributed by atoms with van der Waals surface area (Å²) in [5.41, 5.74) is 2.30. The first-order valence-electron chi connectivity index (χ1n) is 9.79. The highest BCUT2D eigenvalue weighted by Crippen LogP contribution is 2.37. The molecule has 3 amide bonds. The molecule has 3 rings (SSSR count). The number of nitrogens with one attached hydrogen (secondary N) is 1. The number of ether oxygens (including phenoxy) is 1. The summed E-state index contributed by atoms with van der Waals surface area (Å²) in [5.74, 6) is -2.30. The van der Waals surface area contributed by atoms with Crippen molar-refractivity contribution < 1.29 is 23.9 Å². The van der Waals surface area contributed by atoms with Crippen LogP contribution in [0.2, 0.25) is 0 Å². The van der Waals surface area contributed by atoms with Crippen molar-refractivity contribution in [2.24, 2.45) is 11.8 Å². The Kier molecular flexibility index (Phi) is 6.44. The molecule has 1 saturated carbocycles. The SMILES string of the molecule is Cc1ccccc1CCNC(=O)COC(=O)CN1C(=O)[C@H]2CCCC[C@H]2C1=O. The summed E-state index contributed by atoms with van der Waals surface area (Å²) >= 11 is 0. The Morgan fingerprint density at radius 1 is 1.11 bits per heavy atom. The minimum Gasteiger partial charge on any atom is -0.454 e. The molecule has 1 aliphatic carbocycles. The number of imide groups is 1. The quantitative estimate of drug-likeness (QED) is 0.564. The van der Waals surface area contributed by atoms with E-state index in [4.69, 9.17) is 4.74 Å².